The summed E-state index contributed by atoms with van der Waals surface area (Å²) in [7, 11) is -4.18. The Morgan fingerprint density at radius 3 is 1.97 bits per heavy atom. The maximum absolute atomic E-state index is 13.2. The van der Waals surface area contributed by atoms with Crippen LogP contribution in [0, 0.1) is 20.8 Å². The van der Waals surface area contributed by atoms with E-state index in [1.165, 1.54) is 12.1 Å². The first-order chi connectivity index (χ1) is 13.7. The van der Waals surface area contributed by atoms with Gasteiger partial charge in [0.2, 0.25) is 0 Å². The molecule has 0 saturated carbocycles. The maximum Gasteiger partial charge on any atom is 0.339 e. The van der Waals surface area contributed by atoms with Gasteiger partial charge in [-0.25, -0.2) is 0 Å². The molecule has 146 valence electrons. The Morgan fingerprint density at radius 1 is 0.759 bits per heavy atom. The number of rotatable bonds is 3. The van der Waals surface area contributed by atoms with E-state index in [0.29, 0.717) is 16.7 Å². The quantitative estimate of drug-likeness (QED) is 0.478. The minimum atomic E-state index is -4.18. The Hall–Kier alpha value is -3.25. The molecule has 0 amide bonds. The number of aryl methyl sites for hydroxylation is 2. The molecule has 1 aliphatic carbocycles. The minimum absolute atomic E-state index is 0.00696. The van der Waals surface area contributed by atoms with Crippen LogP contribution in [-0.2, 0) is 10.1 Å². The van der Waals surface area contributed by atoms with E-state index in [2.05, 4.69) is 0 Å². The van der Waals surface area contributed by atoms with E-state index in [-0.39, 0.29) is 33.1 Å². The highest BCUT2D eigenvalue weighted by atomic mass is 32.2. The molecule has 0 bridgehead atoms. The van der Waals surface area contributed by atoms with Crippen LogP contribution in [0.25, 0.3) is 0 Å². The van der Waals surface area contributed by atoms with Crippen LogP contribution < -0.4 is 4.18 Å². The van der Waals surface area contributed by atoms with Gasteiger partial charge in [0.25, 0.3) is 0 Å². The minimum Gasteiger partial charge on any atom is -0.378 e. The number of hydrogen-bond acceptors (Lipinski definition) is 5. The number of carbonyl (C=O) groups excluding carboxylic acids is 2. The molecule has 0 fully saturated rings. The van der Waals surface area contributed by atoms with E-state index in [9.17, 15) is 18.0 Å². The van der Waals surface area contributed by atoms with E-state index in [0.717, 1.165) is 5.56 Å². The predicted molar refractivity (Wildman–Crippen MR) is 108 cm³/mol. The van der Waals surface area contributed by atoms with Gasteiger partial charge < -0.3 is 4.18 Å². The average Bonchev–Trinajstić information content (AvgIpc) is 2.69. The fraction of sp³-hybridized carbons (Fsp3) is 0.130. The van der Waals surface area contributed by atoms with Gasteiger partial charge in [-0.15, -0.1) is 0 Å². The van der Waals surface area contributed by atoms with Crippen LogP contribution in [0.5, 0.6) is 5.75 Å². The number of hydrogen-bond donors (Lipinski definition) is 0. The van der Waals surface area contributed by atoms with Gasteiger partial charge >= 0.3 is 10.1 Å². The van der Waals surface area contributed by atoms with Crippen molar-refractivity contribution in [1.29, 1.82) is 0 Å². The first-order valence-corrected chi connectivity index (χ1v) is 10.5. The van der Waals surface area contributed by atoms with Crippen LogP contribution in [-0.4, -0.2) is 20.0 Å². The van der Waals surface area contributed by atoms with E-state index < -0.39 is 15.9 Å². The van der Waals surface area contributed by atoms with E-state index in [1.54, 1.807) is 56.3 Å². The summed E-state index contributed by atoms with van der Waals surface area (Å²) in [5.74, 6) is -0.836. The zero-order valence-electron chi connectivity index (χ0n) is 16.1. The molecule has 5 nitrogen and oxygen atoms in total. The molecule has 0 saturated heterocycles. The number of ketones is 2. The number of benzene rings is 3. The monoisotopic (exact) mass is 406 g/mol. The van der Waals surface area contributed by atoms with Gasteiger partial charge in [-0.05, 0) is 50.1 Å². The normalized spacial score (nSPS) is 13.1. The first-order valence-electron chi connectivity index (χ1n) is 9.04. The molecule has 4 rings (SSSR count). The van der Waals surface area contributed by atoms with E-state index in [1.807, 2.05) is 6.92 Å². The first kappa shape index (κ1) is 19.1. The maximum atomic E-state index is 13.2. The molecular weight excluding hydrogens is 388 g/mol. The Morgan fingerprint density at radius 2 is 1.34 bits per heavy atom. The Kier molecular flexibility index (Phi) is 4.39. The molecule has 0 aromatic heterocycles. The SMILES string of the molecule is Cc1ccc(S(=O)(=O)Oc2c(C)c(C)cc3c2C(=O)c2ccccc2C3=O)cc1. The molecule has 1 aliphatic rings. The molecule has 0 spiro atoms. The largest absolute Gasteiger partial charge is 0.378 e. The highest BCUT2D eigenvalue weighted by Gasteiger charge is 2.35. The summed E-state index contributed by atoms with van der Waals surface area (Å²) < 4.78 is 31.2. The average molecular weight is 406 g/mol. The van der Waals surface area contributed by atoms with Gasteiger partial charge in [0.1, 0.15) is 4.90 Å². The predicted octanol–water partition coefficient (Wildman–Crippen LogP) is 4.15. The standard InChI is InChI=1S/C23H18O5S/c1-13-8-10-16(11-9-13)29(26,27)28-23-15(3)14(2)12-19-20(23)22(25)18-7-5-4-6-17(18)21(19)24/h4-12H,1-3H3. The van der Waals surface area contributed by atoms with Crippen LogP contribution in [0.3, 0.4) is 0 Å². The molecule has 3 aromatic rings. The molecule has 29 heavy (non-hydrogen) atoms. The lowest BCUT2D eigenvalue weighted by molar-refractivity contribution is 0.0977. The summed E-state index contributed by atoms with van der Waals surface area (Å²) in [6.45, 7) is 5.27. The summed E-state index contributed by atoms with van der Waals surface area (Å²) >= 11 is 0. The van der Waals surface area contributed by atoms with Crippen LogP contribution in [0.4, 0.5) is 0 Å². The van der Waals surface area contributed by atoms with E-state index >= 15 is 0 Å². The summed E-state index contributed by atoms with van der Waals surface area (Å²) in [4.78, 5) is 26.1. The molecule has 6 heteroatoms. The molecule has 0 unspecified atom stereocenters. The van der Waals surface area contributed by atoms with Crippen molar-refractivity contribution in [2.45, 2.75) is 25.7 Å². The summed E-state index contributed by atoms with van der Waals surface area (Å²) in [6.07, 6.45) is 0. The highest BCUT2D eigenvalue weighted by molar-refractivity contribution is 7.87. The lowest BCUT2D eigenvalue weighted by Crippen LogP contribution is -2.24. The molecule has 0 atom stereocenters. The van der Waals surface area contributed by atoms with Gasteiger partial charge in [0.15, 0.2) is 17.3 Å². The van der Waals surface area contributed by atoms with Crippen molar-refractivity contribution in [1.82, 2.24) is 0 Å². The van der Waals surface area contributed by atoms with Crippen molar-refractivity contribution in [3.8, 4) is 5.75 Å². The molecule has 0 heterocycles. The van der Waals surface area contributed by atoms with Crippen molar-refractivity contribution in [3.05, 3.63) is 93.5 Å². The number of fused-ring (bicyclic) bond motifs is 2. The van der Waals surface area contributed by atoms with Crippen LogP contribution in [0.1, 0.15) is 48.5 Å². The topological polar surface area (TPSA) is 77.5 Å². The Bertz CT molecular complexity index is 1290. The second kappa shape index (κ2) is 6.67. The summed E-state index contributed by atoms with van der Waals surface area (Å²) in [5.41, 5.74) is 2.77. The second-order valence-electron chi connectivity index (χ2n) is 7.12. The third kappa shape index (κ3) is 3.06. The van der Waals surface area contributed by atoms with Gasteiger partial charge in [-0.2, -0.15) is 8.42 Å². The lowest BCUT2D eigenvalue weighted by Gasteiger charge is -2.22. The van der Waals surface area contributed by atoms with Crippen molar-refractivity contribution < 1.29 is 22.2 Å². The third-order valence-electron chi connectivity index (χ3n) is 5.18. The highest BCUT2D eigenvalue weighted by Crippen LogP contribution is 2.38. The van der Waals surface area contributed by atoms with Gasteiger partial charge in [-0.3, -0.25) is 9.59 Å². The van der Waals surface area contributed by atoms with Gasteiger partial charge in [-0.1, -0.05) is 42.0 Å². The molecule has 3 aromatic carbocycles. The van der Waals surface area contributed by atoms with Crippen LogP contribution >= 0.6 is 0 Å². The fourth-order valence-corrected chi connectivity index (χ4v) is 4.41. The van der Waals surface area contributed by atoms with Crippen LogP contribution in [0.2, 0.25) is 0 Å². The van der Waals surface area contributed by atoms with Crippen molar-refractivity contribution >= 4 is 21.7 Å². The summed E-state index contributed by atoms with van der Waals surface area (Å²) in [6, 6.07) is 14.4. The second-order valence-corrected chi connectivity index (χ2v) is 8.67. The number of carbonyl (C=O) groups is 2. The molecule has 0 aliphatic heterocycles. The van der Waals surface area contributed by atoms with E-state index in [4.69, 9.17) is 4.18 Å². The lowest BCUT2D eigenvalue weighted by atomic mass is 9.82. The Balaban J connectivity index is 1.92. The smallest absolute Gasteiger partial charge is 0.339 e. The van der Waals surface area contributed by atoms with Crippen molar-refractivity contribution in [3.63, 3.8) is 0 Å². The van der Waals surface area contributed by atoms with Crippen molar-refractivity contribution in [2.24, 2.45) is 0 Å². The zero-order valence-corrected chi connectivity index (χ0v) is 17.0. The Labute approximate surface area is 169 Å². The summed E-state index contributed by atoms with van der Waals surface area (Å²) in [5, 5.41) is 0. The molecular formula is C23H18O5S. The van der Waals surface area contributed by atoms with Gasteiger partial charge in [0.05, 0.1) is 5.56 Å². The zero-order chi connectivity index (χ0) is 20.9. The fourth-order valence-electron chi connectivity index (χ4n) is 3.42. The molecule has 0 radical (unpaired) electrons. The van der Waals surface area contributed by atoms with Gasteiger partial charge in [0, 0.05) is 16.7 Å². The van der Waals surface area contributed by atoms with Crippen molar-refractivity contribution in [2.75, 3.05) is 0 Å². The molecule has 0 N–H and O–H groups in total. The third-order valence-corrected chi connectivity index (χ3v) is 6.42. The van der Waals surface area contributed by atoms with Crippen LogP contribution in [0.15, 0.2) is 59.5 Å².